The summed E-state index contributed by atoms with van der Waals surface area (Å²) < 4.78 is 0. The molecule has 2 amide bonds. The lowest BCUT2D eigenvalue weighted by atomic mass is 10.4. The van der Waals surface area contributed by atoms with Gasteiger partial charge in [-0.15, -0.1) is 0 Å². The molecule has 8 heteroatoms. The predicted octanol–water partition coefficient (Wildman–Crippen LogP) is -2.33. The van der Waals surface area contributed by atoms with Gasteiger partial charge in [-0.05, 0) is 7.05 Å². The molecule has 7 nitrogen and oxygen atoms in total. The molecular formula is C9H17N5O2S. The molecule has 4 N–H and O–H groups in total. The summed E-state index contributed by atoms with van der Waals surface area (Å²) in [6.07, 6.45) is 0. The van der Waals surface area contributed by atoms with Gasteiger partial charge in [-0.1, -0.05) is 12.2 Å². The van der Waals surface area contributed by atoms with E-state index in [-0.39, 0.29) is 11.5 Å². The molecule has 1 saturated heterocycles. The van der Waals surface area contributed by atoms with Crippen LogP contribution in [0.4, 0.5) is 0 Å². The summed E-state index contributed by atoms with van der Waals surface area (Å²) in [6, 6.07) is 0. The lowest BCUT2D eigenvalue weighted by Crippen LogP contribution is -2.55. The molecular weight excluding hydrogens is 242 g/mol. The fourth-order valence-electron chi connectivity index (χ4n) is 1.36. The molecule has 96 valence electrons. The molecule has 0 unspecified atom stereocenters. The van der Waals surface area contributed by atoms with E-state index in [1.807, 2.05) is 7.05 Å². The second-order valence-electron chi connectivity index (χ2n) is 3.88. The molecule has 0 atom stereocenters. The Bertz CT molecular complexity index is 315. The van der Waals surface area contributed by atoms with E-state index in [9.17, 15) is 9.59 Å². The Labute approximate surface area is 105 Å². The number of carbonyl (C=O) groups excluding carboxylic acids is 2. The van der Waals surface area contributed by atoms with Gasteiger partial charge in [0.15, 0.2) is 0 Å². The quantitative estimate of drug-likeness (QED) is 0.389. The van der Waals surface area contributed by atoms with E-state index < -0.39 is 11.8 Å². The minimum Gasteiger partial charge on any atom is -0.392 e. The number of hydrazine groups is 1. The van der Waals surface area contributed by atoms with Crippen molar-refractivity contribution in [3.63, 3.8) is 0 Å². The van der Waals surface area contributed by atoms with E-state index in [4.69, 9.17) is 5.73 Å². The van der Waals surface area contributed by atoms with Crippen molar-refractivity contribution in [2.45, 2.75) is 0 Å². The number of hydrogen-bond donors (Lipinski definition) is 3. The molecule has 0 aromatic rings. The van der Waals surface area contributed by atoms with Gasteiger partial charge in [0.05, 0.1) is 11.5 Å². The Morgan fingerprint density at radius 2 is 1.82 bits per heavy atom. The number of nitrogens with zero attached hydrogens (tertiary/aromatic N) is 2. The molecule has 1 fully saturated rings. The third kappa shape index (κ3) is 5.07. The first-order valence-corrected chi connectivity index (χ1v) is 5.70. The Morgan fingerprint density at radius 1 is 1.24 bits per heavy atom. The van der Waals surface area contributed by atoms with E-state index in [2.05, 4.69) is 27.9 Å². The topological polar surface area (TPSA) is 90.7 Å². The van der Waals surface area contributed by atoms with Crippen LogP contribution in [0.3, 0.4) is 0 Å². The Hall–Kier alpha value is -1.25. The summed E-state index contributed by atoms with van der Waals surface area (Å²) in [5.74, 6) is -1.41. The van der Waals surface area contributed by atoms with E-state index in [1.165, 1.54) is 0 Å². The maximum atomic E-state index is 11.4. The molecule has 0 bridgehead atoms. The molecule has 0 aliphatic carbocycles. The van der Waals surface area contributed by atoms with Gasteiger partial charge in [0.25, 0.3) is 0 Å². The van der Waals surface area contributed by atoms with Crippen molar-refractivity contribution in [1.82, 2.24) is 20.7 Å². The highest BCUT2D eigenvalue weighted by Crippen LogP contribution is 1.94. The van der Waals surface area contributed by atoms with Gasteiger partial charge in [-0.25, -0.2) is 5.01 Å². The normalized spacial score (nSPS) is 17.5. The second-order valence-corrected chi connectivity index (χ2v) is 4.40. The Kier molecular flexibility index (Phi) is 5.26. The van der Waals surface area contributed by atoms with Crippen molar-refractivity contribution < 1.29 is 9.59 Å². The maximum Gasteiger partial charge on any atom is 0.323 e. The molecule has 1 aliphatic heterocycles. The standard InChI is InChI=1S/C9H17N5O2S/c1-13-2-4-14(5-3-13)12-9(16)8(15)11-6-7(10)17/h2-6H2,1H3,(H2,10,17)(H,11,15)(H,12,16). The molecule has 1 aliphatic rings. The Morgan fingerprint density at radius 3 is 2.35 bits per heavy atom. The lowest BCUT2D eigenvalue weighted by Gasteiger charge is -2.32. The minimum absolute atomic E-state index is 0.0321. The summed E-state index contributed by atoms with van der Waals surface area (Å²) in [5.41, 5.74) is 7.74. The fourth-order valence-corrected chi connectivity index (χ4v) is 1.43. The van der Waals surface area contributed by atoms with Crippen LogP contribution in [0.1, 0.15) is 0 Å². The highest BCUT2D eigenvalue weighted by atomic mass is 32.1. The molecule has 0 radical (unpaired) electrons. The van der Waals surface area contributed by atoms with Crippen molar-refractivity contribution in [1.29, 1.82) is 0 Å². The predicted molar refractivity (Wildman–Crippen MR) is 67.0 cm³/mol. The van der Waals surface area contributed by atoms with Gasteiger partial charge in [-0.3, -0.25) is 15.0 Å². The molecule has 1 rings (SSSR count). The van der Waals surface area contributed by atoms with Crippen LogP contribution < -0.4 is 16.5 Å². The molecule has 17 heavy (non-hydrogen) atoms. The van der Waals surface area contributed by atoms with Crippen molar-refractivity contribution >= 4 is 29.0 Å². The second kappa shape index (κ2) is 6.48. The van der Waals surface area contributed by atoms with Crippen LogP contribution in [0.2, 0.25) is 0 Å². The number of hydrogen-bond acceptors (Lipinski definition) is 5. The number of nitrogens with one attached hydrogen (secondary N) is 2. The molecule has 1 heterocycles. The van der Waals surface area contributed by atoms with E-state index in [0.29, 0.717) is 13.1 Å². The van der Waals surface area contributed by atoms with Crippen molar-refractivity contribution in [3.8, 4) is 0 Å². The third-order valence-electron chi connectivity index (χ3n) is 2.39. The molecule has 0 aromatic heterocycles. The van der Waals surface area contributed by atoms with Crippen molar-refractivity contribution in [2.75, 3.05) is 39.8 Å². The monoisotopic (exact) mass is 259 g/mol. The van der Waals surface area contributed by atoms with Crippen LogP contribution >= 0.6 is 12.2 Å². The number of amides is 2. The number of nitrogens with two attached hydrogens (primary N) is 1. The molecule has 0 saturated carbocycles. The number of carbonyl (C=O) groups is 2. The first kappa shape index (κ1) is 13.8. The summed E-state index contributed by atoms with van der Waals surface area (Å²) in [6.45, 7) is 3.14. The van der Waals surface area contributed by atoms with Crippen molar-refractivity contribution in [2.24, 2.45) is 5.73 Å². The number of likely N-dealkylation sites (N-methyl/N-ethyl adjacent to an activating group) is 1. The van der Waals surface area contributed by atoms with Gasteiger partial charge >= 0.3 is 11.8 Å². The van der Waals surface area contributed by atoms with Gasteiger partial charge < -0.3 is 16.0 Å². The smallest absolute Gasteiger partial charge is 0.323 e. The first-order chi connectivity index (χ1) is 7.99. The van der Waals surface area contributed by atoms with Crippen LogP contribution in [-0.4, -0.2) is 66.5 Å². The summed E-state index contributed by atoms with van der Waals surface area (Å²) >= 11 is 4.59. The van der Waals surface area contributed by atoms with Gasteiger partial charge in [-0.2, -0.15) is 0 Å². The zero-order chi connectivity index (χ0) is 12.8. The maximum absolute atomic E-state index is 11.4. The summed E-state index contributed by atoms with van der Waals surface area (Å²) in [4.78, 5) is 25.0. The fraction of sp³-hybridized carbons (Fsp3) is 0.667. The van der Waals surface area contributed by atoms with Crippen molar-refractivity contribution in [3.05, 3.63) is 0 Å². The zero-order valence-electron chi connectivity index (χ0n) is 9.73. The van der Waals surface area contributed by atoms with Crippen LogP contribution in [0.5, 0.6) is 0 Å². The highest BCUT2D eigenvalue weighted by molar-refractivity contribution is 7.80. The third-order valence-corrected chi connectivity index (χ3v) is 2.54. The van der Waals surface area contributed by atoms with Crippen LogP contribution in [-0.2, 0) is 9.59 Å². The van der Waals surface area contributed by atoms with E-state index in [0.717, 1.165) is 13.1 Å². The summed E-state index contributed by atoms with van der Waals surface area (Å²) in [7, 11) is 2.01. The van der Waals surface area contributed by atoms with Gasteiger partial charge in [0.2, 0.25) is 0 Å². The average Bonchev–Trinajstić information content (AvgIpc) is 2.28. The SMILES string of the molecule is CN1CCN(NC(=O)C(=O)NCC(N)=S)CC1. The van der Waals surface area contributed by atoms with E-state index in [1.54, 1.807) is 5.01 Å². The number of thiocarbonyl (C=S) groups is 1. The zero-order valence-corrected chi connectivity index (χ0v) is 10.5. The van der Waals surface area contributed by atoms with E-state index >= 15 is 0 Å². The molecule has 0 aromatic carbocycles. The van der Waals surface area contributed by atoms with Gasteiger partial charge in [0, 0.05) is 26.2 Å². The van der Waals surface area contributed by atoms with Crippen LogP contribution in [0, 0.1) is 0 Å². The van der Waals surface area contributed by atoms with Crippen LogP contribution in [0.15, 0.2) is 0 Å². The number of piperazine rings is 1. The van der Waals surface area contributed by atoms with Gasteiger partial charge in [0.1, 0.15) is 0 Å². The number of rotatable bonds is 3. The highest BCUT2D eigenvalue weighted by Gasteiger charge is 2.19. The Balaban J connectivity index is 2.28. The first-order valence-electron chi connectivity index (χ1n) is 5.29. The summed E-state index contributed by atoms with van der Waals surface area (Å²) in [5, 5.41) is 4.05. The average molecular weight is 259 g/mol. The molecule has 0 spiro atoms. The minimum atomic E-state index is -0.725. The lowest BCUT2D eigenvalue weighted by molar-refractivity contribution is -0.142. The van der Waals surface area contributed by atoms with Crippen LogP contribution in [0.25, 0.3) is 0 Å². The largest absolute Gasteiger partial charge is 0.392 e.